The number of thiazole rings is 1. The first-order chi connectivity index (χ1) is 17.6. The number of hydrogen-bond donors (Lipinski definition) is 4. The first-order valence-electron chi connectivity index (χ1n) is 11.6. The van der Waals surface area contributed by atoms with Gasteiger partial charge in [-0.1, -0.05) is 0 Å². The van der Waals surface area contributed by atoms with Crippen LogP contribution in [0, 0.1) is 26.3 Å². The summed E-state index contributed by atoms with van der Waals surface area (Å²) in [5.74, 6) is -0.408. The van der Waals surface area contributed by atoms with Crippen LogP contribution in [-0.2, 0) is 21.5 Å². The van der Waals surface area contributed by atoms with E-state index in [1.165, 1.54) is 23.9 Å². The van der Waals surface area contributed by atoms with E-state index in [2.05, 4.69) is 20.3 Å². The van der Waals surface area contributed by atoms with Crippen molar-refractivity contribution in [1.82, 2.24) is 19.7 Å². The van der Waals surface area contributed by atoms with Gasteiger partial charge in [-0.2, -0.15) is 13.1 Å². The molecule has 0 unspecified atom stereocenters. The molecule has 3 aromatic heterocycles. The third-order valence-corrected chi connectivity index (χ3v) is 9.02. The lowest BCUT2D eigenvalue weighted by Crippen LogP contribution is -2.27. The summed E-state index contributed by atoms with van der Waals surface area (Å²) in [5.41, 5.74) is 2.31. The molecule has 4 heterocycles. The molecule has 1 fully saturated rings. The van der Waals surface area contributed by atoms with Gasteiger partial charge in [0.25, 0.3) is 0 Å². The number of thiophene rings is 1. The molecule has 14 heteroatoms. The standard InChI is InChI=1S/C23H26N5O6S3/c1-11-15(21-22-17(3-4-34-21)27-12(2)36-22)7-19(35-11)20(30)16-9-24-10-25-23(16)28-14-5-13(18(29)6-14)8-26-37(31,32)33/h7-10,13-14,18,21,26,29H,3-6H2,1-2H3,(H,24,25,28)(H,31,32,33)/t13-,14-,18+,21+/m1/s1. The molecule has 1 radical (unpaired) electrons. The van der Waals surface area contributed by atoms with Gasteiger partial charge in [0.1, 0.15) is 18.2 Å². The highest BCUT2D eigenvalue weighted by Crippen LogP contribution is 2.41. The molecule has 0 aromatic carbocycles. The van der Waals surface area contributed by atoms with Gasteiger partial charge in [0.15, 0.2) is 0 Å². The Hall–Kier alpha value is -2.33. The van der Waals surface area contributed by atoms with Crippen LogP contribution in [-0.4, -0.2) is 57.6 Å². The van der Waals surface area contributed by atoms with Gasteiger partial charge in [-0.15, -0.1) is 22.7 Å². The van der Waals surface area contributed by atoms with Crippen molar-refractivity contribution in [1.29, 1.82) is 0 Å². The summed E-state index contributed by atoms with van der Waals surface area (Å²) in [5, 5.41) is 14.5. The monoisotopic (exact) mass is 564 g/mol. The lowest BCUT2D eigenvalue weighted by atomic mass is 10.0. The highest BCUT2D eigenvalue weighted by Gasteiger charge is 2.35. The number of rotatable bonds is 8. The third-order valence-electron chi connectivity index (χ3n) is 6.46. The smallest absolute Gasteiger partial charge is 0.333 e. The number of hydrogen-bond acceptors (Lipinski definition) is 11. The minimum absolute atomic E-state index is 0.228. The number of anilines is 1. The Labute approximate surface area is 222 Å². The van der Waals surface area contributed by atoms with Crippen molar-refractivity contribution >= 4 is 44.6 Å². The average molecular weight is 565 g/mol. The summed E-state index contributed by atoms with van der Waals surface area (Å²) >= 11 is 3.01. The summed E-state index contributed by atoms with van der Waals surface area (Å²) in [6.45, 7) is 5.69. The van der Waals surface area contributed by atoms with Crippen LogP contribution in [0.3, 0.4) is 0 Å². The van der Waals surface area contributed by atoms with E-state index in [1.54, 1.807) is 11.3 Å². The number of nitrogens with zero attached hydrogens (tertiary/aromatic N) is 3. The minimum Gasteiger partial charge on any atom is -0.393 e. The molecule has 197 valence electrons. The highest BCUT2D eigenvalue weighted by atomic mass is 32.2. The molecule has 0 amide bonds. The van der Waals surface area contributed by atoms with E-state index in [0.29, 0.717) is 35.7 Å². The van der Waals surface area contributed by atoms with E-state index in [9.17, 15) is 18.3 Å². The third kappa shape index (κ3) is 5.74. The second-order valence-electron chi connectivity index (χ2n) is 9.08. The number of nitrogens with one attached hydrogen (secondary N) is 2. The Bertz CT molecular complexity index is 1420. The van der Waals surface area contributed by atoms with Gasteiger partial charge in [0.2, 0.25) is 5.78 Å². The van der Waals surface area contributed by atoms with Crippen LogP contribution in [0.15, 0.2) is 18.6 Å². The molecule has 4 atom stereocenters. The molecule has 0 saturated heterocycles. The summed E-state index contributed by atoms with van der Waals surface area (Å²) in [7, 11) is -4.40. The topological polar surface area (TPSA) is 164 Å². The van der Waals surface area contributed by atoms with Crippen LogP contribution in [0.5, 0.6) is 0 Å². The van der Waals surface area contributed by atoms with Crippen molar-refractivity contribution in [3.8, 4) is 0 Å². The molecule has 37 heavy (non-hydrogen) atoms. The molecule has 1 saturated carbocycles. The molecule has 2 aliphatic rings. The molecule has 5 rings (SSSR count). The normalized spacial score (nSPS) is 23.7. The fraction of sp³-hybridized carbons (Fsp3) is 0.435. The molecule has 1 aliphatic heterocycles. The number of fused-ring (bicyclic) bond motifs is 1. The summed E-state index contributed by atoms with van der Waals surface area (Å²) in [6, 6.07) is 1.60. The van der Waals surface area contributed by atoms with E-state index < -0.39 is 22.3 Å². The van der Waals surface area contributed by atoms with Crippen LogP contribution in [0.1, 0.15) is 60.2 Å². The molecule has 0 bridgehead atoms. The SMILES string of the molecule is Cc1nc2c(s1)[C@H](c1cc(C(=O)c3cncnc3N[C@H]3C[C@H](O)[C@@H]([CH]NS(=O)(=O)O)C3)sc1C)OCC2. The second kappa shape index (κ2) is 10.4. The lowest BCUT2D eigenvalue weighted by molar-refractivity contribution is 0.0716. The molecule has 0 spiro atoms. The van der Waals surface area contributed by atoms with Crippen molar-refractivity contribution < 1.29 is 27.6 Å². The van der Waals surface area contributed by atoms with Gasteiger partial charge >= 0.3 is 10.3 Å². The van der Waals surface area contributed by atoms with Crippen LogP contribution in [0.25, 0.3) is 0 Å². The Balaban J connectivity index is 1.34. The Morgan fingerprint density at radius 1 is 1.27 bits per heavy atom. The zero-order valence-corrected chi connectivity index (χ0v) is 22.5. The van der Waals surface area contributed by atoms with Gasteiger partial charge in [0.05, 0.1) is 38.7 Å². The van der Waals surface area contributed by atoms with Crippen molar-refractivity contribution in [2.24, 2.45) is 5.92 Å². The van der Waals surface area contributed by atoms with Crippen LogP contribution < -0.4 is 10.0 Å². The summed E-state index contributed by atoms with van der Waals surface area (Å²) in [4.78, 5) is 29.1. The van der Waals surface area contributed by atoms with Crippen molar-refractivity contribution in [2.75, 3.05) is 11.9 Å². The fourth-order valence-corrected chi connectivity index (χ4v) is 7.16. The first kappa shape index (κ1) is 26.3. The Morgan fingerprint density at radius 3 is 2.86 bits per heavy atom. The maximum absolute atomic E-state index is 13.6. The van der Waals surface area contributed by atoms with Gasteiger partial charge < -0.3 is 15.2 Å². The number of aliphatic hydroxyl groups is 1. The number of aryl methyl sites for hydroxylation is 2. The number of carbonyl (C=O) groups is 1. The number of aromatic nitrogens is 3. The van der Waals surface area contributed by atoms with Crippen LogP contribution in [0.2, 0.25) is 0 Å². The number of ketones is 1. The highest BCUT2D eigenvalue weighted by molar-refractivity contribution is 7.83. The second-order valence-corrected chi connectivity index (χ2v) is 12.8. The molecule has 4 N–H and O–H groups in total. The fourth-order valence-electron chi connectivity index (χ4n) is 4.77. The molecule has 1 aliphatic carbocycles. The predicted molar refractivity (Wildman–Crippen MR) is 138 cm³/mol. The zero-order valence-electron chi connectivity index (χ0n) is 20.0. The maximum atomic E-state index is 13.6. The predicted octanol–water partition coefficient (Wildman–Crippen LogP) is 2.61. The van der Waals surface area contributed by atoms with Crippen molar-refractivity contribution in [3.63, 3.8) is 0 Å². The quantitative estimate of drug-likeness (QED) is 0.236. The number of ether oxygens (including phenoxy) is 1. The largest absolute Gasteiger partial charge is 0.393 e. The lowest BCUT2D eigenvalue weighted by Gasteiger charge is -2.22. The molecular weight excluding hydrogens is 538 g/mol. The molecule has 3 aromatic rings. The number of aliphatic hydroxyl groups excluding tert-OH is 1. The zero-order chi connectivity index (χ0) is 26.3. The number of carbonyl (C=O) groups excluding carboxylic acids is 1. The molecular formula is C23H26N5O6S3. The van der Waals surface area contributed by atoms with Gasteiger partial charge in [0, 0.05) is 41.6 Å². The summed E-state index contributed by atoms with van der Waals surface area (Å²) < 4.78 is 38.8. The summed E-state index contributed by atoms with van der Waals surface area (Å²) in [6.07, 6.45) is 3.18. The van der Waals surface area contributed by atoms with Crippen molar-refractivity contribution in [2.45, 2.75) is 51.4 Å². The first-order valence-corrected chi connectivity index (χ1v) is 14.7. The average Bonchev–Trinajstić information content (AvgIpc) is 3.52. The van der Waals surface area contributed by atoms with Gasteiger partial charge in [-0.05, 0) is 32.8 Å². The Morgan fingerprint density at radius 2 is 2.08 bits per heavy atom. The molecule has 11 nitrogen and oxygen atoms in total. The van der Waals surface area contributed by atoms with Gasteiger partial charge in [-0.3, -0.25) is 9.35 Å². The van der Waals surface area contributed by atoms with Gasteiger partial charge in [-0.25, -0.2) is 15.0 Å². The Kier molecular flexibility index (Phi) is 7.42. The van der Waals surface area contributed by atoms with E-state index in [1.807, 2.05) is 24.6 Å². The maximum Gasteiger partial charge on any atom is 0.333 e. The minimum atomic E-state index is -4.40. The van der Waals surface area contributed by atoms with E-state index in [4.69, 9.17) is 9.29 Å². The van der Waals surface area contributed by atoms with E-state index in [-0.39, 0.29) is 17.9 Å². The van der Waals surface area contributed by atoms with E-state index in [0.717, 1.165) is 39.0 Å². The van der Waals surface area contributed by atoms with Crippen LogP contribution >= 0.6 is 22.7 Å². The van der Waals surface area contributed by atoms with E-state index >= 15 is 0 Å². The van der Waals surface area contributed by atoms with Crippen molar-refractivity contribution in [3.05, 3.63) is 61.6 Å². The van der Waals surface area contributed by atoms with Crippen LogP contribution in [0.4, 0.5) is 5.82 Å².